The Kier molecular flexibility index (Phi) is 4.78. The molecule has 0 saturated carbocycles. The highest BCUT2D eigenvalue weighted by Gasteiger charge is 2.38. The van der Waals surface area contributed by atoms with Gasteiger partial charge in [0.2, 0.25) is 0 Å². The van der Waals surface area contributed by atoms with E-state index in [0.29, 0.717) is 26.4 Å². The van der Waals surface area contributed by atoms with E-state index >= 15 is 0 Å². The van der Waals surface area contributed by atoms with Gasteiger partial charge < -0.3 is 14.8 Å². The summed E-state index contributed by atoms with van der Waals surface area (Å²) < 4.78 is 10.5. The first-order valence-electron chi connectivity index (χ1n) is 6.69. The molecular formula is C15H20N2O2. The minimum atomic E-state index is -0.293. The summed E-state index contributed by atoms with van der Waals surface area (Å²) in [6.45, 7) is 5.36. The molecule has 1 aromatic carbocycles. The molecular weight excluding hydrogens is 240 g/mol. The number of nitrogens with one attached hydrogen (secondary N) is 1. The van der Waals surface area contributed by atoms with Crippen LogP contribution in [0.3, 0.4) is 0 Å². The molecule has 102 valence electrons. The van der Waals surface area contributed by atoms with Gasteiger partial charge in [-0.3, -0.25) is 0 Å². The quantitative estimate of drug-likeness (QED) is 0.759. The van der Waals surface area contributed by atoms with Gasteiger partial charge in [0.15, 0.2) is 0 Å². The van der Waals surface area contributed by atoms with Gasteiger partial charge in [0, 0.05) is 6.54 Å². The lowest BCUT2D eigenvalue weighted by Gasteiger charge is -2.35. The van der Waals surface area contributed by atoms with Gasteiger partial charge in [-0.25, -0.2) is 0 Å². The van der Waals surface area contributed by atoms with E-state index in [9.17, 15) is 0 Å². The molecule has 1 saturated heterocycles. The molecule has 1 aliphatic heterocycles. The molecule has 1 heterocycles. The standard InChI is InChI=1S/C15H20N2O2/c1-2-19-14-5-3-13(4-6-14)7-8-17-10-15(9-16)11-18-12-15/h3-6,17H,2,7-8,10-12H2,1H3. The lowest BCUT2D eigenvalue weighted by Crippen LogP contribution is -2.48. The van der Waals surface area contributed by atoms with Crippen molar-refractivity contribution in [3.05, 3.63) is 29.8 Å². The smallest absolute Gasteiger partial charge is 0.119 e. The highest BCUT2D eigenvalue weighted by molar-refractivity contribution is 5.27. The van der Waals surface area contributed by atoms with E-state index in [1.165, 1.54) is 5.56 Å². The summed E-state index contributed by atoms with van der Waals surface area (Å²) in [6, 6.07) is 10.5. The van der Waals surface area contributed by atoms with Crippen molar-refractivity contribution in [2.24, 2.45) is 5.41 Å². The van der Waals surface area contributed by atoms with Crippen molar-refractivity contribution in [1.29, 1.82) is 5.26 Å². The Morgan fingerprint density at radius 3 is 2.63 bits per heavy atom. The molecule has 4 heteroatoms. The molecule has 0 spiro atoms. The van der Waals surface area contributed by atoms with Gasteiger partial charge in [-0.2, -0.15) is 5.26 Å². The van der Waals surface area contributed by atoms with Gasteiger partial charge >= 0.3 is 0 Å². The third-order valence-corrected chi connectivity index (χ3v) is 3.28. The summed E-state index contributed by atoms with van der Waals surface area (Å²) in [5.41, 5.74) is 0.977. The Labute approximate surface area is 114 Å². The molecule has 0 atom stereocenters. The van der Waals surface area contributed by atoms with Crippen LogP contribution in [0.5, 0.6) is 5.75 Å². The summed E-state index contributed by atoms with van der Waals surface area (Å²) in [5, 5.41) is 12.4. The fourth-order valence-electron chi connectivity index (χ4n) is 2.03. The molecule has 0 unspecified atom stereocenters. The van der Waals surface area contributed by atoms with E-state index in [1.54, 1.807) is 0 Å². The van der Waals surface area contributed by atoms with Gasteiger partial charge in [0.1, 0.15) is 11.2 Å². The van der Waals surface area contributed by atoms with E-state index in [4.69, 9.17) is 14.7 Å². The van der Waals surface area contributed by atoms with Crippen LogP contribution >= 0.6 is 0 Å². The average molecular weight is 260 g/mol. The largest absolute Gasteiger partial charge is 0.494 e. The molecule has 0 aromatic heterocycles. The fourth-order valence-corrected chi connectivity index (χ4v) is 2.03. The van der Waals surface area contributed by atoms with Crippen molar-refractivity contribution in [3.63, 3.8) is 0 Å². The van der Waals surface area contributed by atoms with E-state index in [2.05, 4.69) is 23.5 Å². The van der Waals surface area contributed by atoms with Gasteiger partial charge in [0.25, 0.3) is 0 Å². The van der Waals surface area contributed by atoms with Crippen molar-refractivity contribution in [1.82, 2.24) is 5.32 Å². The van der Waals surface area contributed by atoms with Gasteiger partial charge in [-0.15, -0.1) is 0 Å². The van der Waals surface area contributed by atoms with Crippen LogP contribution in [0.2, 0.25) is 0 Å². The Morgan fingerprint density at radius 2 is 2.11 bits per heavy atom. The van der Waals surface area contributed by atoms with Crippen LogP contribution in [-0.2, 0) is 11.2 Å². The van der Waals surface area contributed by atoms with Crippen LogP contribution in [0.25, 0.3) is 0 Å². The first-order chi connectivity index (χ1) is 9.28. The molecule has 0 bridgehead atoms. The highest BCUT2D eigenvalue weighted by atomic mass is 16.5. The van der Waals surface area contributed by atoms with Crippen LogP contribution < -0.4 is 10.1 Å². The second-order valence-corrected chi connectivity index (χ2v) is 4.89. The highest BCUT2D eigenvalue weighted by Crippen LogP contribution is 2.25. The Balaban J connectivity index is 1.69. The monoisotopic (exact) mass is 260 g/mol. The van der Waals surface area contributed by atoms with Gasteiger partial charge in [-0.05, 0) is 37.6 Å². The maximum atomic E-state index is 9.05. The third kappa shape index (κ3) is 3.69. The second-order valence-electron chi connectivity index (χ2n) is 4.89. The minimum absolute atomic E-state index is 0.293. The number of hydrogen-bond acceptors (Lipinski definition) is 4. The molecule has 2 rings (SSSR count). The van der Waals surface area contributed by atoms with E-state index in [-0.39, 0.29) is 5.41 Å². The summed E-state index contributed by atoms with van der Waals surface area (Å²) in [4.78, 5) is 0. The molecule has 0 amide bonds. The second kappa shape index (κ2) is 6.55. The first kappa shape index (κ1) is 13.9. The van der Waals surface area contributed by atoms with Crippen LogP contribution in [0.15, 0.2) is 24.3 Å². The number of rotatable bonds is 7. The van der Waals surface area contributed by atoms with E-state index in [1.807, 2.05) is 19.1 Å². The summed E-state index contributed by atoms with van der Waals surface area (Å²) in [5.74, 6) is 0.911. The molecule has 1 aromatic rings. The van der Waals surface area contributed by atoms with Crippen molar-refractivity contribution in [3.8, 4) is 11.8 Å². The Hall–Kier alpha value is -1.57. The molecule has 1 aliphatic rings. The lowest BCUT2D eigenvalue weighted by atomic mass is 9.88. The minimum Gasteiger partial charge on any atom is -0.494 e. The fraction of sp³-hybridized carbons (Fsp3) is 0.533. The number of ether oxygens (including phenoxy) is 2. The Morgan fingerprint density at radius 1 is 1.37 bits per heavy atom. The van der Waals surface area contributed by atoms with Crippen LogP contribution in [0, 0.1) is 16.7 Å². The normalized spacial score (nSPS) is 16.4. The van der Waals surface area contributed by atoms with Gasteiger partial charge in [0.05, 0.1) is 25.9 Å². The van der Waals surface area contributed by atoms with Crippen molar-refractivity contribution in [2.75, 3.05) is 32.9 Å². The maximum Gasteiger partial charge on any atom is 0.119 e. The van der Waals surface area contributed by atoms with Crippen molar-refractivity contribution >= 4 is 0 Å². The summed E-state index contributed by atoms with van der Waals surface area (Å²) in [7, 11) is 0. The zero-order valence-corrected chi connectivity index (χ0v) is 11.3. The molecule has 0 radical (unpaired) electrons. The topological polar surface area (TPSA) is 54.3 Å². The third-order valence-electron chi connectivity index (χ3n) is 3.28. The molecule has 4 nitrogen and oxygen atoms in total. The number of benzene rings is 1. The zero-order valence-electron chi connectivity index (χ0n) is 11.3. The zero-order chi connectivity index (χ0) is 13.6. The van der Waals surface area contributed by atoms with Crippen LogP contribution in [0.4, 0.5) is 0 Å². The number of nitriles is 1. The van der Waals surface area contributed by atoms with Crippen molar-refractivity contribution in [2.45, 2.75) is 13.3 Å². The van der Waals surface area contributed by atoms with Crippen LogP contribution in [0.1, 0.15) is 12.5 Å². The number of nitrogens with zero attached hydrogens (tertiary/aromatic N) is 1. The molecule has 1 N–H and O–H groups in total. The van der Waals surface area contributed by atoms with Crippen molar-refractivity contribution < 1.29 is 9.47 Å². The predicted molar refractivity (Wildman–Crippen MR) is 73.0 cm³/mol. The van der Waals surface area contributed by atoms with Crippen LogP contribution in [-0.4, -0.2) is 32.9 Å². The lowest BCUT2D eigenvalue weighted by molar-refractivity contribution is -0.0752. The van der Waals surface area contributed by atoms with Gasteiger partial charge in [-0.1, -0.05) is 12.1 Å². The maximum absolute atomic E-state index is 9.05. The summed E-state index contributed by atoms with van der Waals surface area (Å²) >= 11 is 0. The van der Waals surface area contributed by atoms with E-state index in [0.717, 1.165) is 18.7 Å². The predicted octanol–water partition coefficient (Wildman–Crippen LogP) is 1.76. The molecule has 19 heavy (non-hydrogen) atoms. The first-order valence-corrected chi connectivity index (χ1v) is 6.69. The Bertz CT molecular complexity index is 432. The van der Waals surface area contributed by atoms with E-state index < -0.39 is 0 Å². The SMILES string of the molecule is CCOc1ccc(CCNCC2(C#N)COC2)cc1. The average Bonchev–Trinajstić information content (AvgIpc) is 2.39. The molecule has 1 fully saturated rings. The summed E-state index contributed by atoms with van der Waals surface area (Å²) in [6.07, 6.45) is 0.953. The molecule has 0 aliphatic carbocycles. The number of hydrogen-bond donors (Lipinski definition) is 1.